The molecule has 160 valence electrons. The van der Waals surface area contributed by atoms with E-state index in [-0.39, 0.29) is 43.1 Å². The maximum Gasteiger partial charge on any atom is 0.229 e. The van der Waals surface area contributed by atoms with Crippen LogP contribution >= 0.6 is 0 Å². The van der Waals surface area contributed by atoms with Crippen molar-refractivity contribution in [3.05, 3.63) is 23.8 Å². The molecule has 0 aromatic heterocycles. The van der Waals surface area contributed by atoms with Gasteiger partial charge in [-0.25, -0.2) is 8.42 Å². The summed E-state index contributed by atoms with van der Waals surface area (Å²) in [7, 11) is -3.39. The van der Waals surface area contributed by atoms with Crippen LogP contribution in [0.2, 0.25) is 0 Å². The number of nitrogens with one attached hydrogen (secondary N) is 2. The summed E-state index contributed by atoms with van der Waals surface area (Å²) in [6.07, 6.45) is 5.08. The molecule has 2 aliphatic heterocycles. The summed E-state index contributed by atoms with van der Waals surface area (Å²) in [5.41, 5.74) is 1.35. The van der Waals surface area contributed by atoms with E-state index in [0.717, 1.165) is 37.5 Å². The molecule has 1 saturated carbocycles. The molecule has 29 heavy (non-hydrogen) atoms. The zero-order valence-corrected chi connectivity index (χ0v) is 17.3. The number of carbonyl (C=O) groups is 1. The highest BCUT2D eigenvalue weighted by Crippen LogP contribution is 2.47. The Hall–Kier alpha value is -1.84. The number of anilines is 1. The minimum absolute atomic E-state index is 0.0244. The number of aliphatic hydroxyl groups is 1. The number of hydrogen-bond donors (Lipinski definition) is 3. The van der Waals surface area contributed by atoms with Gasteiger partial charge in [-0.3, -0.25) is 9.52 Å². The quantitative estimate of drug-likeness (QED) is 0.638. The van der Waals surface area contributed by atoms with E-state index in [0.29, 0.717) is 17.9 Å². The Morgan fingerprint density at radius 1 is 1.28 bits per heavy atom. The fraction of sp³-hybridized carbons (Fsp3) is 0.650. The Morgan fingerprint density at radius 2 is 2.03 bits per heavy atom. The average molecular weight is 425 g/mol. The Balaban J connectivity index is 1.48. The molecule has 4 atom stereocenters. The standard InChI is InChI=1S/C20H28N2O6S/c1-29(25,26)22-13-6-7-17-15(8-13)16-9-14(27-18(11-23)20(16)28-17)10-19(24)21-12-4-2-3-5-12/h6-8,12,14,16,18,20,22-23H,2-5,9-11H2,1H3,(H,21,24)/t14-,16-,18-,20+/m1/s1. The Morgan fingerprint density at radius 3 is 2.72 bits per heavy atom. The van der Waals surface area contributed by atoms with Gasteiger partial charge < -0.3 is 19.9 Å². The van der Waals surface area contributed by atoms with Gasteiger partial charge in [0.2, 0.25) is 15.9 Å². The SMILES string of the molecule is CS(=O)(=O)Nc1ccc2c(c1)[C@H]1C[C@H](CC(=O)NC3CCCC3)O[C@H](CO)[C@H]1O2. The number of amides is 1. The van der Waals surface area contributed by atoms with Crippen molar-refractivity contribution >= 4 is 21.6 Å². The number of carbonyl (C=O) groups excluding carboxylic acids is 1. The van der Waals surface area contributed by atoms with E-state index in [2.05, 4.69) is 10.0 Å². The van der Waals surface area contributed by atoms with Gasteiger partial charge in [0.15, 0.2) is 0 Å². The molecular formula is C20H28N2O6S. The van der Waals surface area contributed by atoms with Gasteiger partial charge in [0.1, 0.15) is 18.0 Å². The van der Waals surface area contributed by atoms with Gasteiger partial charge in [-0.15, -0.1) is 0 Å². The second-order valence-corrected chi connectivity index (χ2v) is 10.0. The highest BCUT2D eigenvalue weighted by atomic mass is 32.2. The number of hydrogen-bond acceptors (Lipinski definition) is 6. The van der Waals surface area contributed by atoms with Crippen LogP contribution < -0.4 is 14.8 Å². The molecule has 1 saturated heterocycles. The molecule has 2 fully saturated rings. The van der Waals surface area contributed by atoms with E-state index in [9.17, 15) is 18.3 Å². The molecule has 8 nitrogen and oxygen atoms in total. The number of fused-ring (bicyclic) bond motifs is 3. The summed E-state index contributed by atoms with van der Waals surface area (Å²) >= 11 is 0. The van der Waals surface area contributed by atoms with E-state index in [1.54, 1.807) is 18.2 Å². The summed E-state index contributed by atoms with van der Waals surface area (Å²) in [6.45, 7) is -0.204. The summed E-state index contributed by atoms with van der Waals surface area (Å²) in [5.74, 6) is 0.572. The van der Waals surface area contributed by atoms with Crippen LogP contribution in [0.25, 0.3) is 0 Å². The molecule has 0 unspecified atom stereocenters. The van der Waals surface area contributed by atoms with Crippen LogP contribution in [0.1, 0.15) is 50.0 Å². The molecule has 0 bridgehead atoms. The summed E-state index contributed by atoms with van der Waals surface area (Å²) < 4.78 is 37.6. The van der Waals surface area contributed by atoms with E-state index >= 15 is 0 Å². The molecule has 1 aliphatic carbocycles. The second kappa shape index (κ2) is 8.12. The van der Waals surface area contributed by atoms with Crippen molar-refractivity contribution in [2.24, 2.45) is 0 Å². The maximum atomic E-state index is 12.4. The van der Waals surface area contributed by atoms with Crippen LogP contribution in [0.5, 0.6) is 5.75 Å². The maximum absolute atomic E-state index is 12.4. The molecule has 1 aromatic carbocycles. The van der Waals surface area contributed by atoms with Crippen molar-refractivity contribution in [2.75, 3.05) is 17.6 Å². The predicted molar refractivity (Wildman–Crippen MR) is 107 cm³/mol. The largest absolute Gasteiger partial charge is 0.487 e. The molecule has 0 spiro atoms. The van der Waals surface area contributed by atoms with Crippen molar-refractivity contribution < 1.29 is 27.8 Å². The lowest BCUT2D eigenvalue weighted by Crippen LogP contribution is -2.47. The van der Waals surface area contributed by atoms with Crippen molar-refractivity contribution in [3.8, 4) is 5.75 Å². The van der Waals surface area contributed by atoms with Crippen LogP contribution in [-0.2, 0) is 19.6 Å². The zero-order valence-electron chi connectivity index (χ0n) is 16.5. The topological polar surface area (TPSA) is 114 Å². The van der Waals surface area contributed by atoms with Crippen LogP contribution in [-0.4, -0.2) is 56.6 Å². The fourth-order valence-electron chi connectivity index (χ4n) is 4.73. The van der Waals surface area contributed by atoms with Gasteiger partial charge in [0.05, 0.1) is 25.4 Å². The Kier molecular flexibility index (Phi) is 5.72. The smallest absolute Gasteiger partial charge is 0.229 e. The molecule has 1 amide bonds. The number of rotatable bonds is 6. The van der Waals surface area contributed by atoms with Crippen molar-refractivity contribution in [1.29, 1.82) is 0 Å². The Labute approximate surface area is 171 Å². The second-order valence-electron chi connectivity index (χ2n) is 8.28. The van der Waals surface area contributed by atoms with Gasteiger partial charge in [-0.1, -0.05) is 12.8 Å². The molecular weight excluding hydrogens is 396 g/mol. The van der Waals surface area contributed by atoms with Gasteiger partial charge in [-0.05, 0) is 37.5 Å². The van der Waals surface area contributed by atoms with Gasteiger partial charge >= 0.3 is 0 Å². The number of sulfonamides is 1. The van der Waals surface area contributed by atoms with E-state index in [1.165, 1.54) is 0 Å². The first-order valence-corrected chi connectivity index (χ1v) is 12.1. The predicted octanol–water partition coefficient (Wildman–Crippen LogP) is 1.50. The molecule has 2 heterocycles. The third-order valence-electron chi connectivity index (χ3n) is 5.94. The lowest BCUT2D eigenvalue weighted by molar-refractivity contribution is -0.142. The highest BCUT2D eigenvalue weighted by Gasteiger charge is 2.46. The number of benzene rings is 1. The van der Waals surface area contributed by atoms with Crippen LogP contribution in [0.4, 0.5) is 5.69 Å². The molecule has 3 N–H and O–H groups in total. The van der Waals surface area contributed by atoms with Gasteiger partial charge in [-0.2, -0.15) is 0 Å². The Bertz CT molecular complexity index is 868. The van der Waals surface area contributed by atoms with Crippen LogP contribution in [0.15, 0.2) is 18.2 Å². The van der Waals surface area contributed by atoms with E-state index in [1.807, 2.05) is 0 Å². The van der Waals surface area contributed by atoms with Crippen LogP contribution in [0.3, 0.4) is 0 Å². The first-order chi connectivity index (χ1) is 13.8. The highest BCUT2D eigenvalue weighted by molar-refractivity contribution is 7.92. The van der Waals surface area contributed by atoms with Crippen LogP contribution in [0, 0.1) is 0 Å². The van der Waals surface area contributed by atoms with Gasteiger partial charge in [0, 0.05) is 23.2 Å². The average Bonchev–Trinajstić information content (AvgIpc) is 3.27. The third-order valence-corrected chi connectivity index (χ3v) is 6.54. The molecule has 3 aliphatic rings. The number of aliphatic hydroxyl groups excluding tert-OH is 1. The normalized spacial score (nSPS) is 29.0. The zero-order chi connectivity index (χ0) is 20.6. The molecule has 4 rings (SSSR count). The van der Waals surface area contributed by atoms with Crippen molar-refractivity contribution in [1.82, 2.24) is 5.32 Å². The fourth-order valence-corrected chi connectivity index (χ4v) is 5.29. The third kappa shape index (κ3) is 4.67. The monoisotopic (exact) mass is 424 g/mol. The molecule has 1 aromatic rings. The summed E-state index contributed by atoms with van der Waals surface area (Å²) in [6, 6.07) is 5.42. The lowest BCUT2D eigenvalue weighted by atomic mass is 9.84. The van der Waals surface area contributed by atoms with Gasteiger partial charge in [0.25, 0.3) is 0 Å². The summed E-state index contributed by atoms with van der Waals surface area (Å²) in [4.78, 5) is 12.4. The van der Waals surface area contributed by atoms with E-state index in [4.69, 9.17) is 9.47 Å². The first-order valence-electron chi connectivity index (χ1n) is 10.2. The van der Waals surface area contributed by atoms with Crippen molar-refractivity contribution in [2.45, 2.75) is 68.8 Å². The van der Waals surface area contributed by atoms with E-state index < -0.39 is 16.1 Å². The minimum Gasteiger partial charge on any atom is -0.487 e. The molecule has 9 heteroatoms. The first kappa shape index (κ1) is 20.4. The molecule has 0 radical (unpaired) electrons. The van der Waals surface area contributed by atoms with Crippen molar-refractivity contribution in [3.63, 3.8) is 0 Å². The minimum atomic E-state index is -3.39. The summed E-state index contributed by atoms with van der Waals surface area (Å²) in [5, 5.41) is 12.9. The number of ether oxygens (including phenoxy) is 2. The lowest BCUT2D eigenvalue weighted by Gasteiger charge is -2.37.